The van der Waals surface area contributed by atoms with Crippen molar-refractivity contribution in [3.63, 3.8) is 0 Å². The van der Waals surface area contributed by atoms with E-state index in [1.54, 1.807) is 7.11 Å². The van der Waals surface area contributed by atoms with Crippen LogP contribution < -0.4 is 15.4 Å². The molecule has 0 saturated heterocycles. The monoisotopic (exact) mass is 347 g/mol. The van der Waals surface area contributed by atoms with Crippen LogP contribution in [0.2, 0.25) is 0 Å². The van der Waals surface area contributed by atoms with Crippen LogP contribution >= 0.6 is 0 Å². The van der Waals surface area contributed by atoms with Crippen LogP contribution in [-0.4, -0.2) is 39.9 Å². The van der Waals surface area contributed by atoms with E-state index in [0.717, 1.165) is 43.5 Å². The number of ether oxygens (including phenoxy) is 2. The van der Waals surface area contributed by atoms with Crippen LogP contribution in [0.4, 0.5) is 0 Å². The van der Waals surface area contributed by atoms with Crippen molar-refractivity contribution in [1.29, 1.82) is 0 Å². The van der Waals surface area contributed by atoms with Gasteiger partial charge in [0.2, 0.25) is 0 Å². The molecule has 1 fully saturated rings. The number of benzene rings is 1. The maximum atomic E-state index is 5.51. The first-order valence-corrected chi connectivity index (χ1v) is 9.23. The third kappa shape index (κ3) is 5.63. The van der Waals surface area contributed by atoms with Crippen molar-refractivity contribution in [3.8, 4) is 5.75 Å². The van der Waals surface area contributed by atoms with E-state index in [2.05, 4.69) is 41.6 Å². The molecule has 0 heterocycles. The fourth-order valence-electron chi connectivity index (χ4n) is 3.07. The normalized spacial score (nSPS) is 17.1. The Kier molecular flexibility index (Phi) is 7.12. The Morgan fingerprint density at radius 3 is 2.72 bits per heavy atom. The molecule has 25 heavy (non-hydrogen) atoms. The molecule has 1 unspecified atom stereocenters. The largest absolute Gasteiger partial charge is 0.496 e. The Morgan fingerprint density at radius 2 is 2.12 bits per heavy atom. The van der Waals surface area contributed by atoms with E-state index in [1.807, 2.05) is 20.0 Å². The number of nitrogens with one attached hydrogen (secondary N) is 2. The summed E-state index contributed by atoms with van der Waals surface area (Å²) in [4.78, 5) is 4.38. The lowest BCUT2D eigenvalue weighted by atomic mass is 10.0. The molecule has 1 aliphatic rings. The molecule has 0 amide bonds. The Bertz CT molecular complexity index is 582. The van der Waals surface area contributed by atoms with Crippen molar-refractivity contribution in [1.82, 2.24) is 10.6 Å². The van der Waals surface area contributed by atoms with Crippen LogP contribution in [-0.2, 0) is 4.74 Å². The van der Waals surface area contributed by atoms with Gasteiger partial charge >= 0.3 is 0 Å². The summed E-state index contributed by atoms with van der Waals surface area (Å²) in [5.41, 5.74) is 2.75. The zero-order valence-corrected chi connectivity index (χ0v) is 16.3. The topological polar surface area (TPSA) is 54.9 Å². The highest BCUT2D eigenvalue weighted by atomic mass is 16.5. The molecule has 1 aliphatic carbocycles. The molecular formula is C20H33N3O2. The summed E-state index contributed by atoms with van der Waals surface area (Å²) in [7, 11) is 3.53. The molecule has 5 nitrogen and oxygen atoms in total. The number of rotatable bonds is 9. The maximum Gasteiger partial charge on any atom is 0.191 e. The van der Waals surface area contributed by atoms with E-state index >= 15 is 0 Å². The second-order valence-electron chi connectivity index (χ2n) is 6.98. The highest BCUT2D eigenvalue weighted by Crippen LogP contribution is 2.48. The summed E-state index contributed by atoms with van der Waals surface area (Å²) < 4.78 is 11.0. The minimum atomic E-state index is 0.111. The Morgan fingerprint density at radius 1 is 1.36 bits per heavy atom. The predicted molar refractivity (Wildman–Crippen MR) is 103 cm³/mol. The van der Waals surface area contributed by atoms with E-state index in [0.29, 0.717) is 5.41 Å². The summed E-state index contributed by atoms with van der Waals surface area (Å²) in [6.07, 6.45) is 3.66. The molecule has 1 aromatic rings. The minimum Gasteiger partial charge on any atom is -0.496 e. The highest BCUT2D eigenvalue weighted by Gasteiger charge is 2.42. The number of aryl methyl sites for hydroxylation is 1. The van der Waals surface area contributed by atoms with Crippen molar-refractivity contribution in [3.05, 3.63) is 29.3 Å². The lowest BCUT2D eigenvalue weighted by molar-refractivity contribution is 0.128. The summed E-state index contributed by atoms with van der Waals surface area (Å²) in [6, 6.07) is 6.36. The van der Waals surface area contributed by atoms with Crippen LogP contribution in [0, 0.1) is 12.3 Å². The molecule has 1 atom stereocenters. The van der Waals surface area contributed by atoms with Gasteiger partial charge in [-0.3, -0.25) is 4.99 Å². The van der Waals surface area contributed by atoms with Gasteiger partial charge in [0.25, 0.3) is 0 Å². The number of methoxy groups -OCH3 is 1. The molecular weight excluding hydrogens is 314 g/mol. The SMILES string of the molecule is CCOCCC1(CNC(=NC)NC(C)c2cc(C)ccc2OC)CC1. The van der Waals surface area contributed by atoms with Crippen LogP contribution in [0.15, 0.2) is 23.2 Å². The number of aliphatic imine (C=N–C) groups is 1. The fraction of sp³-hybridized carbons (Fsp3) is 0.650. The first-order chi connectivity index (χ1) is 12.0. The minimum absolute atomic E-state index is 0.111. The highest BCUT2D eigenvalue weighted by molar-refractivity contribution is 5.80. The van der Waals surface area contributed by atoms with E-state index < -0.39 is 0 Å². The number of guanidine groups is 1. The molecule has 0 aliphatic heterocycles. The van der Waals surface area contributed by atoms with Crippen LogP contribution in [0.1, 0.15) is 50.3 Å². The Labute approximate surface area is 152 Å². The van der Waals surface area contributed by atoms with Gasteiger partial charge in [-0.05, 0) is 51.5 Å². The molecule has 0 spiro atoms. The fourth-order valence-corrected chi connectivity index (χ4v) is 3.07. The lowest BCUT2D eigenvalue weighted by Gasteiger charge is -2.23. The van der Waals surface area contributed by atoms with Crippen molar-refractivity contribution >= 4 is 5.96 Å². The first kappa shape index (κ1) is 19.6. The van der Waals surface area contributed by atoms with E-state index in [9.17, 15) is 0 Å². The van der Waals surface area contributed by atoms with Crippen molar-refractivity contribution in [2.45, 2.75) is 46.1 Å². The van der Waals surface area contributed by atoms with Gasteiger partial charge in [-0.1, -0.05) is 17.7 Å². The van der Waals surface area contributed by atoms with Gasteiger partial charge in [0, 0.05) is 32.4 Å². The Hall–Kier alpha value is -1.75. The standard InChI is InChI=1S/C20H33N3O2/c1-6-25-12-11-20(9-10-20)14-22-19(21-4)23-16(3)17-13-15(2)7-8-18(17)24-5/h7-8,13,16H,6,9-12,14H2,1-5H3,(H2,21,22,23). The second-order valence-corrected chi connectivity index (χ2v) is 6.98. The number of hydrogen-bond acceptors (Lipinski definition) is 3. The van der Waals surface area contributed by atoms with Crippen LogP contribution in [0.5, 0.6) is 5.75 Å². The first-order valence-electron chi connectivity index (χ1n) is 9.23. The summed E-state index contributed by atoms with van der Waals surface area (Å²) in [5, 5.41) is 6.97. The maximum absolute atomic E-state index is 5.51. The Balaban J connectivity index is 1.91. The molecule has 1 saturated carbocycles. The molecule has 0 radical (unpaired) electrons. The van der Waals surface area contributed by atoms with Crippen molar-refractivity contribution < 1.29 is 9.47 Å². The molecule has 2 rings (SSSR count). The smallest absolute Gasteiger partial charge is 0.191 e. The van der Waals surface area contributed by atoms with Gasteiger partial charge in [0.15, 0.2) is 5.96 Å². The zero-order valence-electron chi connectivity index (χ0n) is 16.3. The zero-order chi connectivity index (χ0) is 18.3. The summed E-state index contributed by atoms with van der Waals surface area (Å²) in [5.74, 6) is 1.73. The van der Waals surface area contributed by atoms with Crippen LogP contribution in [0.3, 0.4) is 0 Å². The van der Waals surface area contributed by atoms with Gasteiger partial charge in [0.1, 0.15) is 5.75 Å². The molecule has 2 N–H and O–H groups in total. The number of nitrogens with zero attached hydrogens (tertiary/aromatic N) is 1. The van der Waals surface area contributed by atoms with Gasteiger partial charge in [-0.25, -0.2) is 0 Å². The molecule has 0 bridgehead atoms. The average Bonchev–Trinajstić information content (AvgIpc) is 3.38. The van der Waals surface area contributed by atoms with Gasteiger partial charge in [-0.2, -0.15) is 0 Å². The predicted octanol–water partition coefficient (Wildman–Crippen LogP) is 3.44. The quantitative estimate of drug-likeness (QED) is 0.408. The van der Waals surface area contributed by atoms with Gasteiger partial charge in [-0.15, -0.1) is 0 Å². The lowest BCUT2D eigenvalue weighted by Crippen LogP contribution is -2.41. The van der Waals surface area contributed by atoms with Crippen LogP contribution in [0.25, 0.3) is 0 Å². The number of hydrogen-bond donors (Lipinski definition) is 2. The molecule has 1 aromatic carbocycles. The van der Waals surface area contributed by atoms with Gasteiger partial charge in [0.05, 0.1) is 13.2 Å². The van der Waals surface area contributed by atoms with Crippen molar-refractivity contribution in [2.75, 3.05) is 33.9 Å². The van der Waals surface area contributed by atoms with Crippen molar-refractivity contribution in [2.24, 2.45) is 10.4 Å². The van der Waals surface area contributed by atoms with E-state index in [-0.39, 0.29) is 6.04 Å². The van der Waals surface area contributed by atoms with Gasteiger partial charge < -0.3 is 20.1 Å². The molecule has 140 valence electrons. The summed E-state index contributed by atoms with van der Waals surface area (Å²) in [6.45, 7) is 8.86. The molecule has 0 aromatic heterocycles. The van der Waals surface area contributed by atoms with E-state index in [1.165, 1.54) is 18.4 Å². The third-order valence-electron chi connectivity index (χ3n) is 5.00. The summed E-state index contributed by atoms with van der Waals surface area (Å²) >= 11 is 0. The van der Waals surface area contributed by atoms with E-state index in [4.69, 9.17) is 9.47 Å². The molecule has 5 heteroatoms. The second kappa shape index (κ2) is 9.09. The average molecular weight is 348 g/mol. The third-order valence-corrected chi connectivity index (χ3v) is 5.00.